The first kappa shape index (κ1) is 21.0. The normalized spacial score (nSPS) is 18.9. The number of carbonyl (C=O) groups is 2. The number of ether oxygens (including phenoxy) is 2. The summed E-state index contributed by atoms with van der Waals surface area (Å²) in [6, 6.07) is 12.2. The molecule has 1 fully saturated rings. The van der Waals surface area contributed by atoms with Crippen LogP contribution in [0.1, 0.15) is 29.2 Å². The molecule has 2 aromatic carbocycles. The smallest absolute Gasteiger partial charge is 0.416 e. The molecule has 9 heteroatoms. The topological polar surface area (TPSA) is 59.1 Å². The zero-order valence-corrected chi connectivity index (χ0v) is 16.6. The van der Waals surface area contributed by atoms with Gasteiger partial charge in [-0.3, -0.25) is 9.69 Å². The summed E-state index contributed by atoms with van der Waals surface area (Å²) < 4.78 is 49.7. The lowest BCUT2D eigenvalue weighted by Gasteiger charge is -2.40. The molecule has 1 atom stereocenters. The molecule has 2 heterocycles. The third-order valence-corrected chi connectivity index (χ3v) is 5.45. The van der Waals surface area contributed by atoms with E-state index in [0.29, 0.717) is 12.0 Å². The van der Waals surface area contributed by atoms with Gasteiger partial charge in [0.25, 0.3) is 0 Å². The number of piperazine rings is 1. The lowest BCUT2D eigenvalue weighted by Crippen LogP contribution is -2.53. The van der Waals surface area contributed by atoms with Crippen LogP contribution in [0.3, 0.4) is 0 Å². The number of hydrogen-bond donors (Lipinski definition) is 0. The zero-order chi connectivity index (χ0) is 22.0. The standard InChI is InChI=1S/C22H21F3N2O4/c23-22(24,25)16-6-7-17-18(8-11-30-19(17)12-16)27-10-9-26(13-20(27)28)21(29)31-14-15-4-2-1-3-5-15/h1-7,12,18H,8-11,13-14H2. The fourth-order valence-corrected chi connectivity index (χ4v) is 3.85. The molecule has 0 aliphatic carbocycles. The number of amides is 2. The van der Waals surface area contributed by atoms with E-state index in [1.165, 1.54) is 11.0 Å². The molecule has 2 amide bonds. The van der Waals surface area contributed by atoms with Crippen LogP contribution < -0.4 is 4.74 Å². The summed E-state index contributed by atoms with van der Waals surface area (Å²) in [7, 11) is 0. The van der Waals surface area contributed by atoms with Gasteiger partial charge in [0.1, 0.15) is 18.9 Å². The van der Waals surface area contributed by atoms with Gasteiger partial charge < -0.3 is 14.4 Å². The maximum atomic E-state index is 13.0. The second-order valence-corrected chi connectivity index (χ2v) is 7.45. The van der Waals surface area contributed by atoms with Gasteiger partial charge in [0.05, 0.1) is 18.2 Å². The lowest BCUT2D eigenvalue weighted by atomic mass is 9.96. The molecule has 4 rings (SSSR count). The molecule has 0 N–H and O–H groups in total. The summed E-state index contributed by atoms with van der Waals surface area (Å²) >= 11 is 0. The van der Waals surface area contributed by atoms with E-state index < -0.39 is 17.8 Å². The van der Waals surface area contributed by atoms with E-state index in [0.717, 1.165) is 17.7 Å². The number of carbonyl (C=O) groups excluding carboxylic acids is 2. The molecule has 0 aromatic heterocycles. The second kappa shape index (κ2) is 8.49. The Kier molecular flexibility index (Phi) is 5.75. The van der Waals surface area contributed by atoms with E-state index in [1.807, 2.05) is 30.3 Å². The maximum Gasteiger partial charge on any atom is 0.416 e. The highest BCUT2D eigenvalue weighted by molar-refractivity contribution is 5.84. The first-order valence-electron chi connectivity index (χ1n) is 9.92. The van der Waals surface area contributed by atoms with Crippen LogP contribution in [0.4, 0.5) is 18.0 Å². The Morgan fingerprint density at radius 2 is 1.90 bits per heavy atom. The van der Waals surface area contributed by atoms with Crippen LogP contribution in [0.2, 0.25) is 0 Å². The predicted molar refractivity (Wildman–Crippen MR) is 104 cm³/mol. The Balaban J connectivity index is 1.41. The number of nitrogens with zero attached hydrogens (tertiary/aromatic N) is 2. The minimum Gasteiger partial charge on any atom is -0.493 e. The van der Waals surface area contributed by atoms with Crippen molar-refractivity contribution >= 4 is 12.0 Å². The quantitative estimate of drug-likeness (QED) is 0.733. The van der Waals surface area contributed by atoms with Gasteiger partial charge in [0.2, 0.25) is 5.91 Å². The molecule has 164 valence electrons. The summed E-state index contributed by atoms with van der Waals surface area (Å²) in [5.74, 6) is -0.135. The van der Waals surface area contributed by atoms with Crippen LogP contribution in [0, 0.1) is 0 Å². The number of benzene rings is 2. The van der Waals surface area contributed by atoms with Crippen molar-refractivity contribution in [3.63, 3.8) is 0 Å². The van der Waals surface area contributed by atoms with Gasteiger partial charge in [-0.25, -0.2) is 4.79 Å². The van der Waals surface area contributed by atoms with Crippen molar-refractivity contribution in [1.82, 2.24) is 9.80 Å². The van der Waals surface area contributed by atoms with E-state index in [2.05, 4.69) is 0 Å². The highest BCUT2D eigenvalue weighted by Gasteiger charge is 2.37. The van der Waals surface area contributed by atoms with E-state index in [-0.39, 0.29) is 50.5 Å². The molecule has 31 heavy (non-hydrogen) atoms. The van der Waals surface area contributed by atoms with E-state index in [4.69, 9.17) is 9.47 Å². The Labute approximate surface area is 177 Å². The van der Waals surface area contributed by atoms with Crippen LogP contribution in [0.5, 0.6) is 5.75 Å². The molecular weight excluding hydrogens is 413 g/mol. The first-order chi connectivity index (χ1) is 14.8. The zero-order valence-electron chi connectivity index (χ0n) is 16.6. The summed E-state index contributed by atoms with van der Waals surface area (Å²) in [5.41, 5.74) is 0.606. The predicted octanol–water partition coefficient (Wildman–Crippen LogP) is 4.01. The van der Waals surface area contributed by atoms with Crippen molar-refractivity contribution < 1.29 is 32.2 Å². The van der Waals surface area contributed by atoms with E-state index >= 15 is 0 Å². The Bertz CT molecular complexity index is 965. The van der Waals surface area contributed by atoms with E-state index in [9.17, 15) is 22.8 Å². The van der Waals surface area contributed by atoms with Crippen LogP contribution in [0.15, 0.2) is 48.5 Å². The van der Waals surface area contributed by atoms with E-state index in [1.54, 1.807) is 4.90 Å². The van der Waals surface area contributed by atoms with Gasteiger partial charge in [-0.15, -0.1) is 0 Å². The fraction of sp³-hybridized carbons (Fsp3) is 0.364. The SMILES string of the molecule is O=C(OCc1ccccc1)N1CCN(C2CCOc3cc(C(F)(F)F)ccc32)C(=O)C1. The van der Waals surface area contributed by atoms with Gasteiger partial charge in [-0.1, -0.05) is 36.4 Å². The number of rotatable bonds is 3. The molecule has 0 saturated carbocycles. The Morgan fingerprint density at radius 1 is 1.13 bits per heavy atom. The first-order valence-corrected chi connectivity index (χ1v) is 9.92. The summed E-state index contributed by atoms with van der Waals surface area (Å²) in [6.45, 7) is 0.743. The largest absolute Gasteiger partial charge is 0.493 e. The number of alkyl halides is 3. The van der Waals surface area contributed by atoms with Gasteiger partial charge >= 0.3 is 12.3 Å². The average molecular weight is 434 g/mol. The Morgan fingerprint density at radius 3 is 2.61 bits per heavy atom. The van der Waals surface area contributed by atoms with Gasteiger partial charge in [0, 0.05) is 25.1 Å². The van der Waals surface area contributed by atoms with Crippen LogP contribution in [-0.2, 0) is 22.3 Å². The van der Waals surface area contributed by atoms with Gasteiger partial charge in [0.15, 0.2) is 0 Å². The maximum absolute atomic E-state index is 13.0. The molecule has 6 nitrogen and oxygen atoms in total. The molecule has 2 aromatic rings. The van der Waals surface area contributed by atoms with Gasteiger partial charge in [-0.2, -0.15) is 13.2 Å². The van der Waals surface area contributed by atoms with Crippen molar-refractivity contribution in [1.29, 1.82) is 0 Å². The third-order valence-electron chi connectivity index (χ3n) is 5.45. The fourth-order valence-electron chi connectivity index (χ4n) is 3.85. The molecule has 2 aliphatic rings. The molecular formula is C22H21F3N2O4. The van der Waals surface area contributed by atoms with Crippen LogP contribution in [0.25, 0.3) is 0 Å². The minimum absolute atomic E-state index is 0.114. The second-order valence-electron chi connectivity index (χ2n) is 7.45. The van der Waals surface area contributed by atoms with Crippen molar-refractivity contribution in [3.05, 3.63) is 65.2 Å². The molecule has 0 spiro atoms. The third kappa shape index (κ3) is 4.60. The number of fused-ring (bicyclic) bond motifs is 1. The van der Waals surface area contributed by atoms with Crippen molar-refractivity contribution in [2.24, 2.45) is 0 Å². The highest BCUT2D eigenvalue weighted by Crippen LogP contribution is 2.40. The van der Waals surface area contributed by atoms with Crippen LogP contribution >= 0.6 is 0 Å². The molecule has 1 saturated heterocycles. The molecule has 2 aliphatic heterocycles. The molecule has 0 bridgehead atoms. The number of halogens is 3. The highest BCUT2D eigenvalue weighted by atomic mass is 19.4. The molecule has 0 radical (unpaired) electrons. The van der Waals surface area contributed by atoms with Crippen LogP contribution in [-0.4, -0.2) is 48.0 Å². The number of hydrogen-bond acceptors (Lipinski definition) is 4. The minimum atomic E-state index is -4.47. The average Bonchev–Trinajstić information content (AvgIpc) is 2.77. The van der Waals surface area contributed by atoms with Crippen molar-refractivity contribution in [2.75, 3.05) is 26.2 Å². The summed E-state index contributed by atoms with van der Waals surface area (Å²) in [5, 5.41) is 0. The van der Waals surface area contributed by atoms with Gasteiger partial charge in [-0.05, 0) is 17.7 Å². The summed E-state index contributed by atoms with van der Waals surface area (Å²) in [4.78, 5) is 28.1. The van der Waals surface area contributed by atoms with Crippen molar-refractivity contribution in [2.45, 2.75) is 25.2 Å². The molecule has 1 unspecified atom stereocenters. The lowest BCUT2D eigenvalue weighted by molar-refractivity contribution is -0.140. The summed E-state index contributed by atoms with van der Waals surface area (Å²) in [6.07, 6.45) is -4.56. The monoisotopic (exact) mass is 434 g/mol. The van der Waals surface area contributed by atoms with Crippen molar-refractivity contribution in [3.8, 4) is 5.75 Å². The Hall–Kier alpha value is -3.23.